The standard InChI is InChI=1S/C13H9NO2/c1-16-13-7-5-11-9-10(3-2-8-15)4-6-12(11)14-13/h4-9H,1H3. The highest BCUT2D eigenvalue weighted by molar-refractivity contribution is 5.81. The number of rotatable bonds is 1. The molecule has 0 aliphatic carbocycles. The van der Waals surface area contributed by atoms with Gasteiger partial charge in [0.05, 0.1) is 12.6 Å². The van der Waals surface area contributed by atoms with Crippen LogP contribution in [0.5, 0.6) is 5.88 Å². The van der Waals surface area contributed by atoms with Gasteiger partial charge in [0.25, 0.3) is 0 Å². The van der Waals surface area contributed by atoms with Crippen molar-refractivity contribution in [3.05, 3.63) is 35.9 Å². The van der Waals surface area contributed by atoms with Crippen LogP contribution in [0.25, 0.3) is 10.9 Å². The van der Waals surface area contributed by atoms with E-state index in [0.29, 0.717) is 12.2 Å². The van der Waals surface area contributed by atoms with Crippen LogP contribution in [-0.2, 0) is 4.79 Å². The van der Waals surface area contributed by atoms with Gasteiger partial charge >= 0.3 is 0 Å². The van der Waals surface area contributed by atoms with Crippen LogP contribution in [0.4, 0.5) is 0 Å². The maximum Gasteiger partial charge on any atom is 0.213 e. The second-order valence-corrected chi connectivity index (χ2v) is 3.15. The van der Waals surface area contributed by atoms with Crippen molar-refractivity contribution in [3.8, 4) is 17.7 Å². The number of carbonyl (C=O) groups is 1. The summed E-state index contributed by atoms with van der Waals surface area (Å²) in [6.45, 7) is 0. The van der Waals surface area contributed by atoms with Crippen molar-refractivity contribution in [1.82, 2.24) is 4.98 Å². The van der Waals surface area contributed by atoms with Crippen LogP contribution in [0.1, 0.15) is 5.56 Å². The van der Waals surface area contributed by atoms with Gasteiger partial charge in [-0.3, -0.25) is 4.79 Å². The normalized spacial score (nSPS) is 9.31. The fourth-order valence-electron chi connectivity index (χ4n) is 1.41. The Hall–Kier alpha value is -2.34. The number of methoxy groups -OCH3 is 1. The summed E-state index contributed by atoms with van der Waals surface area (Å²) in [7, 11) is 1.58. The van der Waals surface area contributed by atoms with Crippen molar-refractivity contribution in [2.45, 2.75) is 0 Å². The summed E-state index contributed by atoms with van der Waals surface area (Å²) >= 11 is 0. The molecule has 16 heavy (non-hydrogen) atoms. The Bertz CT molecular complexity index is 594. The van der Waals surface area contributed by atoms with E-state index >= 15 is 0 Å². The monoisotopic (exact) mass is 211 g/mol. The Balaban J connectivity index is 2.51. The smallest absolute Gasteiger partial charge is 0.213 e. The molecule has 0 amide bonds. The van der Waals surface area contributed by atoms with Crippen LogP contribution in [0.15, 0.2) is 30.3 Å². The van der Waals surface area contributed by atoms with Gasteiger partial charge in [0.2, 0.25) is 5.88 Å². The number of aromatic nitrogens is 1. The topological polar surface area (TPSA) is 39.2 Å². The third-order valence-corrected chi connectivity index (χ3v) is 2.15. The van der Waals surface area contributed by atoms with Gasteiger partial charge in [-0.05, 0) is 30.2 Å². The number of aldehydes is 1. The molecule has 0 radical (unpaired) electrons. The molecular weight excluding hydrogens is 202 g/mol. The number of pyridine rings is 1. The molecule has 3 nitrogen and oxygen atoms in total. The molecule has 0 aliphatic rings. The Kier molecular flexibility index (Phi) is 2.84. The molecule has 0 N–H and O–H groups in total. The number of nitrogens with zero attached hydrogens (tertiary/aromatic N) is 1. The zero-order valence-electron chi connectivity index (χ0n) is 8.73. The molecule has 0 atom stereocenters. The molecule has 0 bridgehead atoms. The average molecular weight is 211 g/mol. The van der Waals surface area contributed by atoms with E-state index in [2.05, 4.69) is 16.8 Å². The van der Waals surface area contributed by atoms with Crippen molar-refractivity contribution >= 4 is 17.2 Å². The summed E-state index contributed by atoms with van der Waals surface area (Å²) in [5.74, 6) is 5.70. The number of benzene rings is 1. The molecule has 0 spiro atoms. The van der Waals surface area contributed by atoms with Gasteiger partial charge in [0.1, 0.15) is 0 Å². The minimum atomic E-state index is 0.580. The lowest BCUT2D eigenvalue weighted by molar-refractivity contribution is -0.103. The molecule has 1 aromatic heterocycles. The maximum absolute atomic E-state index is 10.1. The van der Waals surface area contributed by atoms with Crippen LogP contribution in [0.3, 0.4) is 0 Å². The van der Waals surface area contributed by atoms with Gasteiger partial charge in [0.15, 0.2) is 6.29 Å². The van der Waals surface area contributed by atoms with E-state index in [-0.39, 0.29) is 0 Å². The maximum atomic E-state index is 10.1. The first-order chi connectivity index (χ1) is 7.83. The average Bonchev–Trinajstić information content (AvgIpc) is 2.35. The van der Waals surface area contributed by atoms with Gasteiger partial charge in [-0.25, -0.2) is 4.98 Å². The minimum absolute atomic E-state index is 0.580. The van der Waals surface area contributed by atoms with Crippen LogP contribution >= 0.6 is 0 Å². The third kappa shape index (κ3) is 2.01. The van der Waals surface area contributed by atoms with Crippen LogP contribution in [0, 0.1) is 11.8 Å². The van der Waals surface area contributed by atoms with E-state index in [4.69, 9.17) is 4.74 Å². The van der Waals surface area contributed by atoms with Crippen molar-refractivity contribution in [1.29, 1.82) is 0 Å². The SMILES string of the molecule is COc1ccc2cc(C#CC=O)ccc2n1. The fraction of sp³-hybridized carbons (Fsp3) is 0.0769. The quantitative estimate of drug-likeness (QED) is 0.533. The molecule has 3 heteroatoms. The highest BCUT2D eigenvalue weighted by Crippen LogP contribution is 2.17. The van der Waals surface area contributed by atoms with Gasteiger partial charge in [-0.15, -0.1) is 0 Å². The molecule has 0 aliphatic heterocycles. The third-order valence-electron chi connectivity index (χ3n) is 2.15. The first-order valence-corrected chi connectivity index (χ1v) is 4.73. The zero-order chi connectivity index (χ0) is 11.4. The van der Waals surface area contributed by atoms with E-state index in [0.717, 1.165) is 16.5 Å². The largest absolute Gasteiger partial charge is 0.481 e. The molecule has 0 fully saturated rings. The van der Waals surface area contributed by atoms with Crippen molar-refractivity contribution in [2.75, 3.05) is 7.11 Å². The Morgan fingerprint density at radius 1 is 1.31 bits per heavy atom. The van der Waals surface area contributed by atoms with Gasteiger partial charge in [0, 0.05) is 17.0 Å². The molecule has 1 heterocycles. The second-order valence-electron chi connectivity index (χ2n) is 3.15. The number of hydrogen-bond donors (Lipinski definition) is 0. The zero-order valence-corrected chi connectivity index (χ0v) is 8.73. The lowest BCUT2D eigenvalue weighted by Gasteiger charge is -2.01. The molecule has 0 saturated carbocycles. The molecular formula is C13H9NO2. The summed E-state index contributed by atoms with van der Waals surface area (Å²) in [5, 5.41) is 0.971. The summed E-state index contributed by atoms with van der Waals surface area (Å²) < 4.78 is 5.03. The van der Waals surface area contributed by atoms with E-state index in [1.807, 2.05) is 24.3 Å². The summed E-state index contributed by atoms with van der Waals surface area (Å²) in [6, 6.07) is 9.27. The number of fused-ring (bicyclic) bond motifs is 1. The Labute approximate surface area is 93.1 Å². The predicted molar refractivity (Wildman–Crippen MR) is 61.2 cm³/mol. The molecule has 2 rings (SSSR count). The summed E-state index contributed by atoms with van der Waals surface area (Å²) in [5.41, 5.74) is 1.64. The Morgan fingerprint density at radius 3 is 2.94 bits per heavy atom. The van der Waals surface area contributed by atoms with E-state index in [9.17, 15) is 4.79 Å². The summed E-state index contributed by atoms with van der Waals surface area (Å²) in [4.78, 5) is 14.4. The van der Waals surface area contributed by atoms with Crippen LogP contribution in [-0.4, -0.2) is 18.4 Å². The molecule has 1 aromatic carbocycles. The lowest BCUT2D eigenvalue weighted by Crippen LogP contribution is -1.88. The van der Waals surface area contributed by atoms with E-state index in [1.54, 1.807) is 13.2 Å². The number of carbonyl (C=O) groups excluding carboxylic acids is 1. The van der Waals surface area contributed by atoms with Crippen LogP contribution < -0.4 is 4.74 Å². The summed E-state index contributed by atoms with van der Waals surface area (Å²) in [6.07, 6.45) is 0.580. The molecule has 2 aromatic rings. The predicted octanol–water partition coefficient (Wildman–Crippen LogP) is 1.79. The lowest BCUT2D eigenvalue weighted by atomic mass is 10.1. The fourth-order valence-corrected chi connectivity index (χ4v) is 1.41. The number of ether oxygens (including phenoxy) is 1. The van der Waals surface area contributed by atoms with Crippen LogP contribution in [0.2, 0.25) is 0 Å². The second kappa shape index (κ2) is 4.45. The highest BCUT2D eigenvalue weighted by Gasteiger charge is 1.98. The molecule has 78 valence electrons. The first kappa shape index (κ1) is 10.2. The van der Waals surface area contributed by atoms with Crippen molar-refractivity contribution < 1.29 is 9.53 Å². The van der Waals surface area contributed by atoms with E-state index < -0.39 is 0 Å². The first-order valence-electron chi connectivity index (χ1n) is 4.73. The van der Waals surface area contributed by atoms with Gasteiger partial charge in [-0.2, -0.15) is 0 Å². The van der Waals surface area contributed by atoms with E-state index in [1.165, 1.54) is 0 Å². The van der Waals surface area contributed by atoms with Crippen molar-refractivity contribution in [2.24, 2.45) is 0 Å². The Morgan fingerprint density at radius 2 is 2.19 bits per heavy atom. The molecule has 0 unspecified atom stereocenters. The number of hydrogen-bond acceptors (Lipinski definition) is 3. The van der Waals surface area contributed by atoms with Gasteiger partial charge in [-0.1, -0.05) is 5.92 Å². The van der Waals surface area contributed by atoms with Gasteiger partial charge < -0.3 is 4.74 Å². The molecule has 0 saturated heterocycles. The minimum Gasteiger partial charge on any atom is -0.481 e. The van der Waals surface area contributed by atoms with Crippen molar-refractivity contribution in [3.63, 3.8) is 0 Å². The highest BCUT2D eigenvalue weighted by atomic mass is 16.5.